The second-order valence-corrected chi connectivity index (χ2v) is 4.46. The van der Waals surface area contributed by atoms with Crippen molar-refractivity contribution in [2.75, 3.05) is 26.7 Å². The summed E-state index contributed by atoms with van der Waals surface area (Å²) in [5.74, 6) is -1.71. The molecule has 106 valence electrons. The molecule has 1 aromatic rings. The molecule has 2 rings (SSSR count). The summed E-state index contributed by atoms with van der Waals surface area (Å²) in [5, 5.41) is 10.9. The van der Waals surface area contributed by atoms with Gasteiger partial charge in [-0.15, -0.1) is 0 Å². The van der Waals surface area contributed by atoms with E-state index in [1.54, 1.807) is 7.05 Å². The molecule has 1 heterocycles. The van der Waals surface area contributed by atoms with Gasteiger partial charge in [0.25, 0.3) is 11.6 Å². The Kier molecular flexibility index (Phi) is 3.64. The third kappa shape index (κ3) is 2.58. The normalized spacial score (nSPS) is 15.4. The molecule has 1 saturated heterocycles. The summed E-state index contributed by atoms with van der Waals surface area (Å²) in [6.07, 6.45) is 0. The van der Waals surface area contributed by atoms with E-state index in [1.165, 1.54) is 9.80 Å². The first-order valence-electron chi connectivity index (χ1n) is 5.87. The van der Waals surface area contributed by atoms with Gasteiger partial charge in [-0.1, -0.05) is 0 Å². The smallest absolute Gasteiger partial charge is 0.282 e. The number of hydrogen-bond acceptors (Lipinski definition) is 4. The first-order valence-corrected chi connectivity index (χ1v) is 5.87. The van der Waals surface area contributed by atoms with Gasteiger partial charge in [0.05, 0.1) is 4.92 Å². The number of carbonyl (C=O) groups is 2. The maximum absolute atomic E-state index is 13.2. The van der Waals surface area contributed by atoms with Gasteiger partial charge in [-0.2, -0.15) is 0 Å². The molecule has 20 heavy (non-hydrogen) atoms. The van der Waals surface area contributed by atoms with Gasteiger partial charge < -0.3 is 9.80 Å². The van der Waals surface area contributed by atoms with Crippen LogP contribution in [-0.2, 0) is 4.79 Å². The molecule has 0 unspecified atom stereocenters. The van der Waals surface area contributed by atoms with Crippen molar-refractivity contribution in [1.29, 1.82) is 0 Å². The summed E-state index contributed by atoms with van der Waals surface area (Å²) in [7, 11) is 1.61. The van der Waals surface area contributed by atoms with Gasteiger partial charge in [0, 0.05) is 26.2 Å². The zero-order valence-corrected chi connectivity index (χ0v) is 10.7. The predicted molar refractivity (Wildman–Crippen MR) is 66.6 cm³/mol. The lowest BCUT2D eigenvalue weighted by Gasteiger charge is -2.31. The highest BCUT2D eigenvalue weighted by Crippen LogP contribution is 2.22. The number of rotatable bonds is 2. The number of nitrogens with zero attached hydrogens (tertiary/aromatic N) is 3. The second kappa shape index (κ2) is 5.24. The zero-order chi connectivity index (χ0) is 14.9. The number of likely N-dealkylation sites (N-methyl/N-ethyl adjacent to an activating group) is 1. The molecule has 0 N–H and O–H groups in total. The standard InChI is InChI=1S/C12H12FN3O4/c1-14-4-5-15(7-11(14)17)12(18)9-6-8(13)2-3-10(9)16(19)20/h2-3,6H,4-5,7H2,1H3. The molecular weight excluding hydrogens is 269 g/mol. The molecule has 7 nitrogen and oxygen atoms in total. The minimum Gasteiger partial charge on any atom is -0.342 e. The number of halogens is 1. The maximum atomic E-state index is 13.2. The van der Waals surface area contributed by atoms with Crippen molar-refractivity contribution in [2.24, 2.45) is 0 Å². The molecule has 0 bridgehead atoms. The summed E-state index contributed by atoms with van der Waals surface area (Å²) in [6.45, 7) is 0.436. The number of amides is 2. The maximum Gasteiger partial charge on any atom is 0.282 e. The summed E-state index contributed by atoms with van der Waals surface area (Å²) < 4.78 is 13.2. The average molecular weight is 281 g/mol. The van der Waals surface area contributed by atoms with Gasteiger partial charge in [-0.3, -0.25) is 19.7 Å². The van der Waals surface area contributed by atoms with E-state index in [9.17, 15) is 24.1 Å². The Morgan fingerprint density at radius 3 is 2.70 bits per heavy atom. The molecule has 1 fully saturated rings. The third-order valence-corrected chi connectivity index (χ3v) is 3.13. The van der Waals surface area contributed by atoms with E-state index in [0.29, 0.717) is 6.54 Å². The molecule has 0 spiro atoms. The van der Waals surface area contributed by atoms with Crippen molar-refractivity contribution < 1.29 is 18.9 Å². The average Bonchev–Trinajstić information content (AvgIpc) is 2.40. The van der Waals surface area contributed by atoms with Gasteiger partial charge in [0.1, 0.15) is 17.9 Å². The SMILES string of the molecule is CN1CCN(C(=O)c2cc(F)ccc2[N+](=O)[O-])CC1=O. The van der Waals surface area contributed by atoms with E-state index in [2.05, 4.69) is 0 Å². The van der Waals surface area contributed by atoms with Crippen LogP contribution in [-0.4, -0.2) is 53.2 Å². The quantitative estimate of drug-likeness (QED) is 0.588. The number of hydrogen-bond donors (Lipinski definition) is 0. The highest BCUT2D eigenvalue weighted by Gasteiger charge is 2.30. The van der Waals surface area contributed by atoms with E-state index >= 15 is 0 Å². The number of benzene rings is 1. The Morgan fingerprint density at radius 2 is 2.10 bits per heavy atom. The Balaban J connectivity index is 2.31. The molecule has 2 amide bonds. The molecule has 0 atom stereocenters. The van der Waals surface area contributed by atoms with Crippen molar-refractivity contribution in [2.45, 2.75) is 0 Å². The van der Waals surface area contributed by atoms with E-state index < -0.39 is 22.3 Å². The van der Waals surface area contributed by atoms with Crippen molar-refractivity contribution in [1.82, 2.24) is 9.80 Å². The second-order valence-electron chi connectivity index (χ2n) is 4.46. The molecule has 8 heteroatoms. The van der Waals surface area contributed by atoms with Crippen molar-refractivity contribution >= 4 is 17.5 Å². The number of nitro benzene ring substituents is 1. The Labute approximate surface area is 113 Å². The molecule has 0 saturated carbocycles. The fourth-order valence-corrected chi connectivity index (χ4v) is 1.94. The molecule has 1 aliphatic rings. The zero-order valence-electron chi connectivity index (χ0n) is 10.7. The lowest BCUT2D eigenvalue weighted by atomic mass is 10.1. The summed E-state index contributed by atoms with van der Waals surface area (Å²) in [6, 6.07) is 2.69. The van der Waals surface area contributed by atoms with E-state index in [4.69, 9.17) is 0 Å². The van der Waals surface area contributed by atoms with Crippen LogP contribution in [0.3, 0.4) is 0 Å². The molecule has 0 aliphatic carbocycles. The van der Waals surface area contributed by atoms with Crippen LogP contribution >= 0.6 is 0 Å². The lowest BCUT2D eigenvalue weighted by molar-refractivity contribution is -0.385. The highest BCUT2D eigenvalue weighted by molar-refractivity contribution is 6.00. The summed E-state index contributed by atoms with van der Waals surface area (Å²) >= 11 is 0. The van der Waals surface area contributed by atoms with E-state index in [-0.39, 0.29) is 24.6 Å². The Hall–Kier alpha value is -2.51. The molecule has 1 aliphatic heterocycles. The number of carbonyl (C=O) groups excluding carboxylic acids is 2. The number of piperazine rings is 1. The van der Waals surface area contributed by atoms with Crippen LogP contribution in [0.15, 0.2) is 18.2 Å². The van der Waals surface area contributed by atoms with Crippen LogP contribution in [0, 0.1) is 15.9 Å². The van der Waals surface area contributed by atoms with Crippen LogP contribution in [0.5, 0.6) is 0 Å². The molecule has 0 radical (unpaired) electrons. The topological polar surface area (TPSA) is 83.8 Å². The summed E-state index contributed by atoms with van der Waals surface area (Å²) in [5.41, 5.74) is -0.810. The van der Waals surface area contributed by atoms with Gasteiger partial charge in [0.2, 0.25) is 5.91 Å². The van der Waals surface area contributed by atoms with Crippen LogP contribution in [0.4, 0.5) is 10.1 Å². The van der Waals surface area contributed by atoms with E-state index in [1.807, 2.05) is 0 Å². The van der Waals surface area contributed by atoms with Crippen LogP contribution in [0.1, 0.15) is 10.4 Å². The van der Waals surface area contributed by atoms with Gasteiger partial charge >= 0.3 is 0 Å². The Morgan fingerprint density at radius 1 is 1.40 bits per heavy atom. The fourth-order valence-electron chi connectivity index (χ4n) is 1.94. The fraction of sp³-hybridized carbons (Fsp3) is 0.333. The van der Waals surface area contributed by atoms with Crippen LogP contribution < -0.4 is 0 Å². The van der Waals surface area contributed by atoms with E-state index in [0.717, 1.165) is 18.2 Å². The van der Waals surface area contributed by atoms with Crippen molar-refractivity contribution in [3.8, 4) is 0 Å². The first kappa shape index (κ1) is 13.9. The molecular formula is C12H12FN3O4. The van der Waals surface area contributed by atoms with Gasteiger partial charge in [-0.05, 0) is 12.1 Å². The third-order valence-electron chi connectivity index (χ3n) is 3.13. The highest BCUT2D eigenvalue weighted by atomic mass is 19.1. The molecule has 1 aromatic carbocycles. The predicted octanol–water partition coefficient (Wildman–Crippen LogP) is 0.648. The van der Waals surface area contributed by atoms with Gasteiger partial charge in [0.15, 0.2) is 0 Å². The van der Waals surface area contributed by atoms with Crippen molar-refractivity contribution in [3.63, 3.8) is 0 Å². The van der Waals surface area contributed by atoms with Crippen LogP contribution in [0.25, 0.3) is 0 Å². The molecule has 0 aromatic heterocycles. The lowest BCUT2D eigenvalue weighted by Crippen LogP contribution is -2.50. The minimum atomic E-state index is -0.745. The largest absolute Gasteiger partial charge is 0.342 e. The number of nitro groups is 1. The van der Waals surface area contributed by atoms with Gasteiger partial charge in [-0.25, -0.2) is 4.39 Å². The van der Waals surface area contributed by atoms with Crippen molar-refractivity contribution in [3.05, 3.63) is 39.7 Å². The summed E-state index contributed by atoms with van der Waals surface area (Å²) in [4.78, 5) is 36.5. The Bertz CT molecular complexity index is 590. The first-order chi connectivity index (χ1) is 9.40. The monoisotopic (exact) mass is 281 g/mol. The van der Waals surface area contributed by atoms with Crippen LogP contribution in [0.2, 0.25) is 0 Å². The minimum absolute atomic E-state index is 0.164.